The number of ether oxygens (including phenoxy) is 1. The first-order valence-electron chi connectivity index (χ1n) is 8.53. The smallest absolute Gasteiger partial charge is 0.254 e. The summed E-state index contributed by atoms with van der Waals surface area (Å²) in [6.45, 7) is 4.32. The van der Waals surface area contributed by atoms with Crippen LogP contribution in [0.3, 0.4) is 0 Å². The zero-order valence-corrected chi connectivity index (χ0v) is 14.7. The van der Waals surface area contributed by atoms with E-state index in [4.69, 9.17) is 4.74 Å². The first-order chi connectivity index (χ1) is 12.7. The Morgan fingerprint density at radius 1 is 1.19 bits per heavy atom. The highest BCUT2D eigenvalue weighted by atomic mass is 16.5. The molecule has 8 heteroatoms. The van der Waals surface area contributed by atoms with Crippen molar-refractivity contribution in [2.75, 3.05) is 31.6 Å². The predicted octanol–water partition coefficient (Wildman–Crippen LogP) is 1.48. The molecular weight excluding hydrogens is 332 g/mol. The number of amides is 1. The summed E-state index contributed by atoms with van der Waals surface area (Å²) >= 11 is 0. The van der Waals surface area contributed by atoms with Gasteiger partial charge in [0.25, 0.3) is 5.91 Å². The van der Waals surface area contributed by atoms with Crippen molar-refractivity contribution in [2.24, 2.45) is 0 Å². The molecule has 8 nitrogen and oxygen atoms in total. The molecule has 3 heterocycles. The molecule has 1 saturated heterocycles. The minimum Gasteiger partial charge on any atom is -0.497 e. The third kappa shape index (κ3) is 2.94. The van der Waals surface area contributed by atoms with E-state index in [1.807, 2.05) is 17.0 Å². The molecule has 1 atom stereocenters. The van der Waals surface area contributed by atoms with Gasteiger partial charge in [-0.15, -0.1) is 5.10 Å². The summed E-state index contributed by atoms with van der Waals surface area (Å²) < 4.78 is 6.76. The van der Waals surface area contributed by atoms with Crippen LogP contribution in [-0.2, 0) is 0 Å². The van der Waals surface area contributed by atoms with Gasteiger partial charge in [0.1, 0.15) is 5.75 Å². The quantitative estimate of drug-likeness (QED) is 0.711. The number of aromatic nitrogens is 4. The fourth-order valence-corrected chi connectivity index (χ4v) is 3.33. The number of piperazine rings is 1. The van der Waals surface area contributed by atoms with Crippen LogP contribution in [0.1, 0.15) is 17.3 Å². The molecule has 0 radical (unpaired) electrons. The molecule has 1 aromatic carbocycles. The van der Waals surface area contributed by atoms with Gasteiger partial charge < -0.3 is 14.5 Å². The minimum atomic E-state index is 0.0115. The maximum atomic E-state index is 12.9. The van der Waals surface area contributed by atoms with E-state index in [2.05, 4.69) is 39.5 Å². The molecule has 1 amide bonds. The molecule has 0 spiro atoms. The van der Waals surface area contributed by atoms with Gasteiger partial charge in [-0.2, -0.15) is 0 Å². The van der Waals surface area contributed by atoms with E-state index in [-0.39, 0.29) is 11.9 Å². The molecule has 4 rings (SSSR count). The van der Waals surface area contributed by atoms with E-state index >= 15 is 0 Å². The number of methoxy groups -OCH3 is 1. The zero-order chi connectivity index (χ0) is 18.1. The number of hydrogen-bond donors (Lipinski definition) is 0. The number of tetrazole rings is 1. The lowest BCUT2D eigenvalue weighted by atomic mass is 10.1. The Morgan fingerprint density at radius 2 is 2.00 bits per heavy atom. The number of benzene rings is 1. The standard InChI is InChI=1S/C18H20N6O2/c1-13-12-22(15-3-5-16(26-2)6-4-15)9-10-23(13)18(25)14-7-8-24-17(11-14)19-20-21-24/h3-8,11,13H,9-10,12H2,1-2H3. The summed E-state index contributed by atoms with van der Waals surface area (Å²) in [5, 5.41) is 11.3. The van der Waals surface area contributed by atoms with Crippen molar-refractivity contribution in [3.63, 3.8) is 0 Å². The Balaban J connectivity index is 1.48. The van der Waals surface area contributed by atoms with Crippen LogP contribution in [0.15, 0.2) is 42.6 Å². The highest BCUT2D eigenvalue weighted by molar-refractivity contribution is 5.95. The molecule has 1 aliphatic heterocycles. The summed E-state index contributed by atoms with van der Waals surface area (Å²) in [4.78, 5) is 17.1. The average molecular weight is 352 g/mol. The molecule has 3 aromatic rings. The molecule has 2 aromatic heterocycles. The SMILES string of the molecule is COc1ccc(N2CCN(C(=O)c3ccn4nnnc4c3)C(C)C2)cc1. The fraction of sp³-hybridized carbons (Fsp3) is 0.333. The monoisotopic (exact) mass is 352 g/mol. The average Bonchev–Trinajstić information content (AvgIpc) is 3.15. The van der Waals surface area contributed by atoms with Gasteiger partial charge in [0.05, 0.1) is 7.11 Å². The Hall–Kier alpha value is -3.16. The third-order valence-electron chi connectivity index (χ3n) is 4.77. The minimum absolute atomic E-state index is 0.0115. The Morgan fingerprint density at radius 3 is 2.73 bits per heavy atom. The van der Waals surface area contributed by atoms with Crippen molar-refractivity contribution >= 4 is 17.2 Å². The van der Waals surface area contributed by atoms with Crippen LogP contribution in [0.25, 0.3) is 5.65 Å². The Bertz CT molecular complexity index is 923. The summed E-state index contributed by atoms with van der Waals surface area (Å²) in [7, 11) is 1.66. The topological polar surface area (TPSA) is 75.9 Å². The lowest BCUT2D eigenvalue weighted by molar-refractivity contribution is 0.0674. The molecule has 1 aliphatic rings. The molecule has 0 bridgehead atoms. The molecule has 26 heavy (non-hydrogen) atoms. The predicted molar refractivity (Wildman–Crippen MR) is 96.5 cm³/mol. The van der Waals surface area contributed by atoms with Gasteiger partial charge in [-0.05, 0) is 53.7 Å². The third-order valence-corrected chi connectivity index (χ3v) is 4.77. The van der Waals surface area contributed by atoms with Crippen molar-refractivity contribution in [1.29, 1.82) is 0 Å². The zero-order valence-electron chi connectivity index (χ0n) is 14.7. The van der Waals surface area contributed by atoms with Crippen LogP contribution in [0, 0.1) is 0 Å². The van der Waals surface area contributed by atoms with E-state index < -0.39 is 0 Å². The second-order valence-electron chi connectivity index (χ2n) is 6.39. The van der Waals surface area contributed by atoms with Crippen LogP contribution in [0.5, 0.6) is 5.75 Å². The van der Waals surface area contributed by atoms with Gasteiger partial charge >= 0.3 is 0 Å². The van der Waals surface area contributed by atoms with Crippen LogP contribution in [0.4, 0.5) is 5.69 Å². The number of carbonyl (C=O) groups is 1. The van der Waals surface area contributed by atoms with Crippen molar-refractivity contribution in [1.82, 2.24) is 24.9 Å². The lowest BCUT2D eigenvalue weighted by Gasteiger charge is -2.41. The van der Waals surface area contributed by atoms with Crippen LogP contribution >= 0.6 is 0 Å². The Kier molecular flexibility index (Phi) is 4.16. The van der Waals surface area contributed by atoms with Gasteiger partial charge in [-0.1, -0.05) is 0 Å². The van der Waals surface area contributed by atoms with Crippen LogP contribution in [0.2, 0.25) is 0 Å². The number of hydrogen-bond acceptors (Lipinski definition) is 6. The van der Waals surface area contributed by atoms with Crippen molar-refractivity contribution in [3.05, 3.63) is 48.2 Å². The molecule has 1 fully saturated rings. The van der Waals surface area contributed by atoms with Gasteiger partial charge in [-0.3, -0.25) is 4.79 Å². The van der Waals surface area contributed by atoms with E-state index in [1.54, 1.807) is 30.0 Å². The number of nitrogens with zero attached hydrogens (tertiary/aromatic N) is 6. The van der Waals surface area contributed by atoms with E-state index in [0.717, 1.165) is 24.5 Å². The normalized spacial score (nSPS) is 17.5. The van der Waals surface area contributed by atoms with E-state index in [1.165, 1.54) is 0 Å². The maximum Gasteiger partial charge on any atom is 0.254 e. The second-order valence-corrected chi connectivity index (χ2v) is 6.39. The molecule has 134 valence electrons. The summed E-state index contributed by atoms with van der Waals surface area (Å²) in [6.07, 6.45) is 1.71. The lowest BCUT2D eigenvalue weighted by Crippen LogP contribution is -2.54. The van der Waals surface area contributed by atoms with Gasteiger partial charge in [-0.25, -0.2) is 4.52 Å². The highest BCUT2D eigenvalue weighted by Gasteiger charge is 2.28. The number of fused-ring (bicyclic) bond motifs is 1. The first-order valence-corrected chi connectivity index (χ1v) is 8.53. The maximum absolute atomic E-state index is 12.9. The largest absolute Gasteiger partial charge is 0.497 e. The molecule has 0 saturated carbocycles. The summed E-state index contributed by atoms with van der Waals surface area (Å²) in [5.74, 6) is 0.853. The molecule has 1 unspecified atom stereocenters. The van der Waals surface area contributed by atoms with Crippen LogP contribution < -0.4 is 9.64 Å². The first kappa shape index (κ1) is 16.3. The number of rotatable bonds is 3. The molecule has 0 aliphatic carbocycles. The number of pyridine rings is 1. The summed E-state index contributed by atoms with van der Waals surface area (Å²) in [6, 6.07) is 11.6. The second kappa shape index (κ2) is 6.62. The van der Waals surface area contributed by atoms with Crippen molar-refractivity contribution in [2.45, 2.75) is 13.0 Å². The number of anilines is 1. The van der Waals surface area contributed by atoms with E-state index in [9.17, 15) is 4.79 Å². The fourth-order valence-electron chi connectivity index (χ4n) is 3.33. The number of carbonyl (C=O) groups excluding carboxylic acids is 1. The highest BCUT2D eigenvalue weighted by Crippen LogP contribution is 2.23. The van der Waals surface area contributed by atoms with Crippen LogP contribution in [-0.4, -0.2) is 63.6 Å². The van der Waals surface area contributed by atoms with Crippen molar-refractivity contribution in [3.8, 4) is 5.75 Å². The molecular formula is C18H20N6O2. The van der Waals surface area contributed by atoms with Gasteiger partial charge in [0.2, 0.25) is 0 Å². The summed E-state index contributed by atoms with van der Waals surface area (Å²) in [5.41, 5.74) is 2.32. The molecule has 0 N–H and O–H groups in total. The van der Waals surface area contributed by atoms with Gasteiger partial charge in [0, 0.05) is 43.1 Å². The Labute approximate surface area is 151 Å². The van der Waals surface area contributed by atoms with E-state index in [0.29, 0.717) is 17.8 Å². The van der Waals surface area contributed by atoms with Gasteiger partial charge in [0.15, 0.2) is 5.65 Å². The van der Waals surface area contributed by atoms with Crippen molar-refractivity contribution < 1.29 is 9.53 Å².